The minimum atomic E-state index is -4.01. The Labute approximate surface area is 258 Å². The molecule has 0 spiro atoms. The number of nitrogens with zero attached hydrogens (tertiary/aromatic N) is 3. The van der Waals surface area contributed by atoms with Crippen LogP contribution in [0.25, 0.3) is 0 Å². The Morgan fingerprint density at radius 3 is 2.39 bits per heavy atom. The highest BCUT2D eigenvalue weighted by Gasteiger charge is 2.36. The molecule has 3 amide bonds. The van der Waals surface area contributed by atoms with E-state index in [1.165, 1.54) is 29.2 Å². The molecule has 2 aliphatic rings. The molecule has 1 N–H and O–H groups in total. The predicted octanol–water partition coefficient (Wildman–Crippen LogP) is 4.80. The van der Waals surface area contributed by atoms with Gasteiger partial charge in [0.25, 0.3) is 0 Å². The largest absolute Gasteiger partial charge is 0.465 e. The standard InChI is InChI=1S/C32H40N4O7S/c1-5-43-29(39)21-44(41,42)24-15-11-14-23(18-24)33-28(38)20-36-31(40)35(19-27(37)32(2,3)4)26-17-10-9-16-25(26)30(34-36)22-12-7-6-8-13-22/h9-11,14-18,22H,5-8,12-13,19-21H2,1-4H3,(H,33,38). The molecule has 1 aliphatic carbocycles. The van der Waals surface area contributed by atoms with Crippen LogP contribution in [0.4, 0.5) is 16.2 Å². The van der Waals surface area contributed by atoms with E-state index in [1.807, 2.05) is 18.2 Å². The first-order valence-electron chi connectivity index (χ1n) is 14.9. The Hall–Kier alpha value is -4.06. The Balaban J connectivity index is 1.64. The summed E-state index contributed by atoms with van der Waals surface area (Å²) < 4.78 is 30.2. The summed E-state index contributed by atoms with van der Waals surface area (Å²) in [6, 6.07) is 12.3. The molecule has 1 aliphatic heterocycles. The van der Waals surface area contributed by atoms with Crippen LogP contribution < -0.4 is 10.2 Å². The lowest BCUT2D eigenvalue weighted by molar-refractivity contribution is -0.140. The second kappa shape index (κ2) is 13.7. The van der Waals surface area contributed by atoms with Gasteiger partial charge in [-0.25, -0.2) is 18.2 Å². The van der Waals surface area contributed by atoms with Crippen molar-refractivity contribution >= 4 is 50.6 Å². The van der Waals surface area contributed by atoms with E-state index in [1.54, 1.807) is 33.8 Å². The number of rotatable bonds is 10. The first-order chi connectivity index (χ1) is 20.8. The summed E-state index contributed by atoms with van der Waals surface area (Å²) in [5.74, 6) is -2.38. The SMILES string of the molecule is CCOC(=O)CS(=O)(=O)c1cccc(NC(=O)CN2N=C(C3CCCCC3)c3ccccc3N(CC(=O)C(C)(C)C)C2=O)c1. The zero-order valence-electron chi connectivity index (χ0n) is 25.7. The van der Waals surface area contributed by atoms with Crippen molar-refractivity contribution in [3.63, 3.8) is 0 Å². The van der Waals surface area contributed by atoms with Crippen LogP contribution in [-0.2, 0) is 29.0 Å². The molecule has 2 aromatic carbocycles. The van der Waals surface area contributed by atoms with E-state index in [0.29, 0.717) is 11.4 Å². The van der Waals surface area contributed by atoms with Crippen molar-refractivity contribution in [3.05, 3.63) is 54.1 Å². The number of anilines is 2. The van der Waals surface area contributed by atoms with Gasteiger partial charge in [0, 0.05) is 22.6 Å². The molecule has 1 saturated carbocycles. The van der Waals surface area contributed by atoms with Crippen molar-refractivity contribution in [2.75, 3.05) is 35.7 Å². The quantitative estimate of drug-likeness (QED) is 0.374. The third-order valence-electron chi connectivity index (χ3n) is 7.66. The van der Waals surface area contributed by atoms with E-state index in [2.05, 4.69) is 5.32 Å². The molecule has 0 unspecified atom stereocenters. The summed E-state index contributed by atoms with van der Waals surface area (Å²) in [5.41, 5.74) is 1.51. The van der Waals surface area contributed by atoms with E-state index in [-0.39, 0.29) is 35.4 Å². The summed E-state index contributed by atoms with van der Waals surface area (Å²) in [7, 11) is -4.01. The maximum Gasteiger partial charge on any atom is 0.345 e. The van der Waals surface area contributed by atoms with Crippen molar-refractivity contribution in [3.8, 4) is 0 Å². The molecule has 12 heteroatoms. The fourth-order valence-electron chi connectivity index (χ4n) is 5.25. The minimum absolute atomic E-state index is 0.0531. The lowest BCUT2D eigenvalue weighted by Gasteiger charge is -2.28. The van der Waals surface area contributed by atoms with Gasteiger partial charge in [0.1, 0.15) is 6.54 Å². The molecular formula is C32H40N4O7S. The van der Waals surface area contributed by atoms with E-state index >= 15 is 0 Å². The Kier molecular flexibility index (Phi) is 10.2. The normalized spacial score (nSPS) is 16.1. The fourth-order valence-corrected chi connectivity index (χ4v) is 6.41. The number of nitrogens with one attached hydrogen (secondary N) is 1. The first-order valence-corrected chi connectivity index (χ1v) is 16.5. The fraction of sp³-hybridized carbons (Fsp3) is 0.469. The lowest BCUT2D eigenvalue weighted by Crippen LogP contribution is -2.47. The maximum atomic E-state index is 14.0. The number of ketones is 1. The second-order valence-electron chi connectivity index (χ2n) is 12.1. The van der Waals surface area contributed by atoms with Gasteiger partial charge < -0.3 is 10.1 Å². The van der Waals surface area contributed by atoms with E-state index in [9.17, 15) is 27.6 Å². The molecule has 0 aromatic heterocycles. The van der Waals surface area contributed by atoms with Gasteiger partial charge in [0.15, 0.2) is 21.4 Å². The molecule has 0 radical (unpaired) electrons. The number of para-hydroxylation sites is 1. The summed E-state index contributed by atoms with van der Waals surface area (Å²) in [6.07, 6.45) is 4.98. The predicted molar refractivity (Wildman–Crippen MR) is 167 cm³/mol. The molecule has 0 atom stereocenters. The van der Waals surface area contributed by atoms with Crippen LogP contribution >= 0.6 is 0 Å². The van der Waals surface area contributed by atoms with Gasteiger partial charge in [-0.3, -0.25) is 19.3 Å². The second-order valence-corrected chi connectivity index (χ2v) is 14.1. The summed E-state index contributed by atoms with van der Waals surface area (Å²) in [4.78, 5) is 53.5. The zero-order chi connectivity index (χ0) is 32.1. The number of hydrogen-bond acceptors (Lipinski definition) is 8. The van der Waals surface area contributed by atoms with Crippen LogP contribution in [0.2, 0.25) is 0 Å². The summed E-state index contributed by atoms with van der Waals surface area (Å²) in [5, 5.41) is 8.51. The van der Waals surface area contributed by atoms with Crippen molar-refractivity contribution in [2.45, 2.75) is 64.7 Å². The van der Waals surface area contributed by atoms with Gasteiger partial charge in [0.2, 0.25) is 5.91 Å². The molecular weight excluding hydrogens is 584 g/mol. The van der Waals surface area contributed by atoms with Crippen LogP contribution in [-0.4, -0.2) is 68.3 Å². The maximum absolute atomic E-state index is 14.0. The molecule has 2 aromatic rings. The number of hydrazone groups is 1. The third-order valence-corrected chi connectivity index (χ3v) is 9.25. The summed E-state index contributed by atoms with van der Waals surface area (Å²) >= 11 is 0. The number of esters is 1. The number of carbonyl (C=O) groups is 4. The smallest absolute Gasteiger partial charge is 0.345 e. The number of carbonyl (C=O) groups excluding carboxylic acids is 4. The van der Waals surface area contributed by atoms with Gasteiger partial charge in [-0.2, -0.15) is 5.10 Å². The van der Waals surface area contributed by atoms with Crippen molar-refractivity contribution in [1.29, 1.82) is 0 Å². The van der Waals surface area contributed by atoms with Crippen molar-refractivity contribution in [1.82, 2.24) is 5.01 Å². The van der Waals surface area contributed by atoms with Gasteiger partial charge in [-0.15, -0.1) is 0 Å². The molecule has 0 saturated heterocycles. The van der Waals surface area contributed by atoms with Crippen molar-refractivity contribution in [2.24, 2.45) is 16.4 Å². The Morgan fingerprint density at radius 1 is 1.00 bits per heavy atom. The van der Waals surface area contributed by atoms with Crippen molar-refractivity contribution < 1.29 is 32.3 Å². The summed E-state index contributed by atoms with van der Waals surface area (Å²) in [6.45, 7) is 6.35. The van der Waals surface area contributed by atoms with E-state index in [4.69, 9.17) is 9.84 Å². The first kappa shape index (κ1) is 32.8. The topological polar surface area (TPSA) is 143 Å². The van der Waals surface area contributed by atoms with Crippen LogP contribution in [0.3, 0.4) is 0 Å². The molecule has 44 heavy (non-hydrogen) atoms. The average molecular weight is 625 g/mol. The highest BCUT2D eigenvalue weighted by molar-refractivity contribution is 7.92. The van der Waals surface area contributed by atoms with Crippen LogP contribution in [0.5, 0.6) is 0 Å². The van der Waals surface area contributed by atoms with Gasteiger partial charge in [-0.1, -0.05) is 64.3 Å². The number of ether oxygens (including phenoxy) is 1. The highest BCUT2D eigenvalue weighted by Crippen LogP contribution is 2.34. The number of fused-ring (bicyclic) bond motifs is 1. The Morgan fingerprint density at radius 2 is 1.70 bits per heavy atom. The third kappa shape index (κ3) is 7.90. The number of Topliss-reactive ketones (excluding diaryl/α,β-unsaturated/α-hetero) is 1. The molecule has 1 heterocycles. The lowest BCUT2D eigenvalue weighted by atomic mass is 9.83. The van der Waals surface area contributed by atoms with Crippen LogP contribution in [0.15, 0.2) is 58.5 Å². The minimum Gasteiger partial charge on any atom is -0.465 e. The van der Waals surface area contributed by atoms with Gasteiger partial charge >= 0.3 is 12.0 Å². The number of urea groups is 1. The van der Waals surface area contributed by atoms with Crippen LogP contribution in [0.1, 0.15) is 65.4 Å². The van der Waals surface area contributed by atoms with Gasteiger partial charge in [-0.05, 0) is 44.0 Å². The van der Waals surface area contributed by atoms with E-state index in [0.717, 1.165) is 42.7 Å². The van der Waals surface area contributed by atoms with Crippen LogP contribution in [0, 0.1) is 11.3 Å². The zero-order valence-corrected chi connectivity index (χ0v) is 26.5. The molecule has 0 bridgehead atoms. The molecule has 1 fully saturated rings. The molecule has 236 valence electrons. The average Bonchev–Trinajstić information content (AvgIpc) is 3.08. The Bertz CT molecular complexity index is 1560. The number of benzene rings is 2. The number of amides is 3. The van der Waals surface area contributed by atoms with Gasteiger partial charge in [0.05, 0.1) is 29.4 Å². The molecule has 11 nitrogen and oxygen atoms in total. The number of hydrogen-bond donors (Lipinski definition) is 1. The van der Waals surface area contributed by atoms with E-state index < -0.39 is 45.5 Å². The molecule has 4 rings (SSSR count). The number of sulfone groups is 1. The monoisotopic (exact) mass is 624 g/mol. The highest BCUT2D eigenvalue weighted by atomic mass is 32.2.